The fourth-order valence-corrected chi connectivity index (χ4v) is 1.29. The van der Waals surface area contributed by atoms with Crippen LogP contribution in [0.4, 0.5) is 4.39 Å². The van der Waals surface area contributed by atoms with Crippen LogP contribution in [0.2, 0.25) is 0 Å². The monoisotopic (exact) mass is 206 g/mol. The highest BCUT2D eigenvalue weighted by Gasteiger charge is 1.98. The summed E-state index contributed by atoms with van der Waals surface area (Å²) in [6, 6.07) is 8.74. The minimum Gasteiger partial charge on any atom is -0.315 e. The van der Waals surface area contributed by atoms with E-state index in [9.17, 15) is 4.39 Å². The number of nitrogens with one attached hydrogen (secondary N) is 1. The summed E-state index contributed by atoms with van der Waals surface area (Å²) in [4.78, 5) is 0. The van der Waals surface area contributed by atoms with Crippen molar-refractivity contribution in [3.63, 3.8) is 0 Å². The number of benzene rings is 1. The average molecular weight is 206 g/mol. The van der Waals surface area contributed by atoms with Crippen LogP contribution in [0.25, 0.3) is 0 Å². The lowest BCUT2D eigenvalue weighted by molar-refractivity contribution is 0.598. The predicted octanol–water partition coefficient (Wildman–Crippen LogP) is 2.12. The molecular formula is C12H15FN2. The third kappa shape index (κ3) is 4.57. The molecule has 0 spiro atoms. The topological polar surface area (TPSA) is 35.8 Å². The molecule has 0 saturated heterocycles. The lowest BCUT2D eigenvalue weighted by Crippen LogP contribution is -2.22. The van der Waals surface area contributed by atoms with E-state index in [4.69, 9.17) is 5.26 Å². The van der Waals surface area contributed by atoms with Gasteiger partial charge in [0.05, 0.1) is 12.0 Å². The molecule has 80 valence electrons. The third-order valence-corrected chi connectivity index (χ3v) is 2.15. The summed E-state index contributed by atoms with van der Waals surface area (Å²) in [7, 11) is 0. The lowest BCUT2D eigenvalue weighted by Gasteiger charge is -2.05. The molecule has 1 unspecified atom stereocenters. The maximum atomic E-state index is 12.8. The maximum Gasteiger partial charge on any atom is 0.123 e. The van der Waals surface area contributed by atoms with Crippen molar-refractivity contribution in [3.05, 3.63) is 35.6 Å². The number of nitrogens with zero attached hydrogens (tertiary/aromatic N) is 1. The second kappa shape index (κ2) is 6.15. The van der Waals surface area contributed by atoms with E-state index in [-0.39, 0.29) is 11.7 Å². The van der Waals surface area contributed by atoms with Crippen LogP contribution in [0, 0.1) is 23.1 Å². The fourth-order valence-electron chi connectivity index (χ4n) is 1.29. The van der Waals surface area contributed by atoms with Crippen LogP contribution < -0.4 is 5.32 Å². The van der Waals surface area contributed by atoms with Gasteiger partial charge in [0.25, 0.3) is 0 Å². The predicted molar refractivity (Wildman–Crippen MR) is 57.8 cm³/mol. The molecule has 1 atom stereocenters. The molecule has 0 bridgehead atoms. The van der Waals surface area contributed by atoms with E-state index < -0.39 is 0 Å². The lowest BCUT2D eigenvalue weighted by atomic mass is 10.1. The molecule has 0 radical (unpaired) electrons. The molecule has 0 aliphatic carbocycles. The van der Waals surface area contributed by atoms with Crippen molar-refractivity contribution in [1.29, 1.82) is 5.26 Å². The fraction of sp³-hybridized carbons (Fsp3) is 0.417. The molecule has 1 aromatic rings. The average Bonchev–Trinajstić information content (AvgIpc) is 2.24. The van der Waals surface area contributed by atoms with Gasteiger partial charge in [0.1, 0.15) is 5.82 Å². The van der Waals surface area contributed by atoms with Gasteiger partial charge in [0, 0.05) is 6.54 Å². The van der Waals surface area contributed by atoms with Gasteiger partial charge in [-0.1, -0.05) is 12.1 Å². The molecular weight excluding hydrogens is 191 g/mol. The number of hydrogen-bond acceptors (Lipinski definition) is 2. The van der Waals surface area contributed by atoms with Crippen molar-refractivity contribution in [1.82, 2.24) is 5.32 Å². The zero-order valence-electron chi connectivity index (χ0n) is 8.83. The summed E-state index contributed by atoms with van der Waals surface area (Å²) in [6.45, 7) is 3.33. The van der Waals surface area contributed by atoms with Crippen molar-refractivity contribution >= 4 is 0 Å². The van der Waals surface area contributed by atoms with Gasteiger partial charge < -0.3 is 5.32 Å². The van der Waals surface area contributed by atoms with E-state index in [1.807, 2.05) is 13.0 Å². The van der Waals surface area contributed by atoms with E-state index in [0.717, 1.165) is 18.5 Å². The molecule has 0 amide bonds. The number of hydrogen-bond donors (Lipinski definition) is 1. The van der Waals surface area contributed by atoms with Crippen molar-refractivity contribution in [3.8, 4) is 6.07 Å². The molecule has 0 aromatic heterocycles. The normalized spacial score (nSPS) is 12.1. The van der Waals surface area contributed by atoms with E-state index in [0.29, 0.717) is 6.54 Å². The van der Waals surface area contributed by atoms with Gasteiger partial charge in [0.15, 0.2) is 0 Å². The van der Waals surface area contributed by atoms with Crippen LogP contribution in [0.15, 0.2) is 24.3 Å². The number of rotatable bonds is 5. The van der Waals surface area contributed by atoms with E-state index >= 15 is 0 Å². The van der Waals surface area contributed by atoms with Gasteiger partial charge in [-0.2, -0.15) is 5.26 Å². The first kappa shape index (κ1) is 11.7. The summed E-state index contributed by atoms with van der Waals surface area (Å²) in [5, 5.41) is 11.7. The summed E-state index contributed by atoms with van der Waals surface area (Å²) < 4.78 is 12.8. The molecule has 3 heteroatoms. The third-order valence-electron chi connectivity index (χ3n) is 2.15. The number of halogens is 1. The zero-order valence-corrected chi connectivity index (χ0v) is 8.83. The van der Waals surface area contributed by atoms with Crippen molar-refractivity contribution in [2.45, 2.75) is 13.3 Å². The molecule has 1 rings (SSSR count). The maximum absolute atomic E-state index is 12.8. The van der Waals surface area contributed by atoms with Crippen LogP contribution in [-0.2, 0) is 6.42 Å². The standard InChI is InChI=1S/C12H15FN2/c1-10(8-14)9-15-6-5-11-3-2-4-12(13)7-11/h2-4,7,10,15H,5-6,9H2,1H3. The summed E-state index contributed by atoms with van der Waals surface area (Å²) in [6.07, 6.45) is 0.788. The number of nitriles is 1. The Morgan fingerprint density at radius 2 is 2.33 bits per heavy atom. The van der Waals surface area contributed by atoms with Crippen LogP contribution in [0.1, 0.15) is 12.5 Å². The van der Waals surface area contributed by atoms with Crippen molar-refractivity contribution in [2.24, 2.45) is 5.92 Å². The molecule has 0 heterocycles. The first-order valence-electron chi connectivity index (χ1n) is 5.07. The van der Waals surface area contributed by atoms with Gasteiger partial charge in [-0.05, 0) is 37.6 Å². The quantitative estimate of drug-likeness (QED) is 0.749. The second-order valence-electron chi connectivity index (χ2n) is 3.61. The van der Waals surface area contributed by atoms with Gasteiger partial charge >= 0.3 is 0 Å². The Morgan fingerprint density at radius 1 is 1.53 bits per heavy atom. The first-order chi connectivity index (χ1) is 7.22. The second-order valence-corrected chi connectivity index (χ2v) is 3.61. The molecule has 1 N–H and O–H groups in total. The largest absolute Gasteiger partial charge is 0.315 e. The Morgan fingerprint density at radius 3 is 3.00 bits per heavy atom. The Kier molecular flexibility index (Phi) is 4.79. The Hall–Kier alpha value is -1.40. The first-order valence-corrected chi connectivity index (χ1v) is 5.07. The summed E-state index contributed by atoms with van der Waals surface area (Å²) in [5.74, 6) is -0.171. The van der Waals surface area contributed by atoms with E-state index in [1.54, 1.807) is 6.07 Å². The SMILES string of the molecule is CC(C#N)CNCCc1cccc(F)c1. The van der Waals surface area contributed by atoms with Gasteiger partial charge in [-0.3, -0.25) is 0 Å². The Bertz CT molecular complexity index is 344. The highest BCUT2D eigenvalue weighted by Crippen LogP contribution is 2.03. The van der Waals surface area contributed by atoms with Crippen LogP contribution in [0.5, 0.6) is 0 Å². The Labute approximate surface area is 89.7 Å². The van der Waals surface area contributed by atoms with E-state index in [2.05, 4.69) is 11.4 Å². The van der Waals surface area contributed by atoms with Crippen LogP contribution in [0.3, 0.4) is 0 Å². The van der Waals surface area contributed by atoms with Crippen molar-refractivity contribution < 1.29 is 4.39 Å². The molecule has 15 heavy (non-hydrogen) atoms. The molecule has 1 aromatic carbocycles. The summed E-state index contributed by atoms with van der Waals surface area (Å²) >= 11 is 0. The minimum absolute atomic E-state index is 0.0255. The zero-order chi connectivity index (χ0) is 11.1. The van der Waals surface area contributed by atoms with Crippen molar-refractivity contribution in [2.75, 3.05) is 13.1 Å². The molecule has 0 aliphatic rings. The minimum atomic E-state index is -0.196. The molecule has 0 fully saturated rings. The van der Waals surface area contributed by atoms with Gasteiger partial charge in [0.2, 0.25) is 0 Å². The van der Waals surface area contributed by atoms with Crippen LogP contribution >= 0.6 is 0 Å². The highest BCUT2D eigenvalue weighted by molar-refractivity contribution is 5.16. The summed E-state index contributed by atoms with van der Waals surface area (Å²) in [5.41, 5.74) is 0.979. The van der Waals surface area contributed by atoms with E-state index in [1.165, 1.54) is 12.1 Å². The Balaban J connectivity index is 2.24. The van der Waals surface area contributed by atoms with Gasteiger partial charge in [-0.15, -0.1) is 0 Å². The smallest absolute Gasteiger partial charge is 0.123 e. The molecule has 2 nitrogen and oxygen atoms in total. The highest BCUT2D eigenvalue weighted by atomic mass is 19.1. The van der Waals surface area contributed by atoms with Crippen LogP contribution in [-0.4, -0.2) is 13.1 Å². The molecule has 0 saturated carbocycles. The van der Waals surface area contributed by atoms with Gasteiger partial charge in [-0.25, -0.2) is 4.39 Å². The molecule has 0 aliphatic heterocycles.